The van der Waals surface area contributed by atoms with Crippen LogP contribution >= 0.6 is 11.3 Å². The summed E-state index contributed by atoms with van der Waals surface area (Å²) in [6.45, 7) is 9.52. The van der Waals surface area contributed by atoms with Gasteiger partial charge in [0.05, 0.1) is 5.69 Å². The monoisotopic (exact) mass is 289 g/mol. The molecule has 2 aromatic heterocycles. The molecule has 3 nitrogen and oxygen atoms in total. The van der Waals surface area contributed by atoms with Crippen molar-refractivity contribution in [2.75, 3.05) is 11.9 Å². The summed E-state index contributed by atoms with van der Waals surface area (Å²) >= 11 is 1.77. The highest BCUT2D eigenvalue weighted by Crippen LogP contribution is 2.29. The summed E-state index contributed by atoms with van der Waals surface area (Å²) in [5, 5.41) is 5.62. The SMILES string of the molecule is CCCNc1nc(CCC)nc(-c2csc(C)c2)c1C. The topological polar surface area (TPSA) is 37.8 Å². The minimum absolute atomic E-state index is 0.928. The molecule has 0 saturated carbocycles. The van der Waals surface area contributed by atoms with Crippen LogP contribution in [-0.2, 0) is 6.42 Å². The average molecular weight is 289 g/mol. The summed E-state index contributed by atoms with van der Waals surface area (Å²) in [7, 11) is 0. The summed E-state index contributed by atoms with van der Waals surface area (Å²) in [6.07, 6.45) is 3.09. The van der Waals surface area contributed by atoms with E-state index in [9.17, 15) is 0 Å². The summed E-state index contributed by atoms with van der Waals surface area (Å²) in [5.74, 6) is 1.93. The summed E-state index contributed by atoms with van der Waals surface area (Å²) in [5.41, 5.74) is 3.44. The Bertz CT molecular complexity index is 575. The van der Waals surface area contributed by atoms with Crippen molar-refractivity contribution in [1.29, 1.82) is 0 Å². The smallest absolute Gasteiger partial charge is 0.133 e. The summed E-state index contributed by atoms with van der Waals surface area (Å²) in [6, 6.07) is 2.21. The molecule has 0 aliphatic rings. The van der Waals surface area contributed by atoms with Gasteiger partial charge in [-0.15, -0.1) is 11.3 Å². The highest BCUT2D eigenvalue weighted by atomic mass is 32.1. The first kappa shape index (κ1) is 15.0. The molecule has 0 aliphatic carbocycles. The molecule has 0 bridgehead atoms. The zero-order valence-corrected chi connectivity index (χ0v) is 13.6. The second-order valence-corrected chi connectivity index (χ2v) is 6.20. The van der Waals surface area contributed by atoms with E-state index in [0.29, 0.717) is 0 Å². The number of nitrogens with one attached hydrogen (secondary N) is 1. The Balaban J connectivity index is 2.45. The van der Waals surface area contributed by atoms with E-state index in [1.807, 2.05) is 0 Å². The Morgan fingerprint density at radius 1 is 1.15 bits per heavy atom. The predicted octanol–water partition coefficient (Wildman–Crippen LogP) is 4.60. The van der Waals surface area contributed by atoms with Crippen LogP contribution in [0.5, 0.6) is 0 Å². The molecule has 0 radical (unpaired) electrons. The fourth-order valence-electron chi connectivity index (χ4n) is 2.16. The van der Waals surface area contributed by atoms with E-state index in [4.69, 9.17) is 4.98 Å². The van der Waals surface area contributed by atoms with Gasteiger partial charge in [-0.25, -0.2) is 9.97 Å². The number of aromatic nitrogens is 2. The van der Waals surface area contributed by atoms with Crippen LogP contribution in [0.4, 0.5) is 5.82 Å². The lowest BCUT2D eigenvalue weighted by atomic mass is 10.1. The Morgan fingerprint density at radius 3 is 2.55 bits per heavy atom. The molecule has 2 rings (SSSR count). The van der Waals surface area contributed by atoms with Gasteiger partial charge in [-0.1, -0.05) is 13.8 Å². The minimum atomic E-state index is 0.928. The molecule has 0 spiro atoms. The predicted molar refractivity (Wildman–Crippen MR) is 87.6 cm³/mol. The van der Waals surface area contributed by atoms with E-state index in [0.717, 1.165) is 48.7 Å². The minimum Gasteiger partial charge on any atom is -0.370 e. The standard InChI is InChI=1S/C16H23N3S/c1-5-7-14-18-15(13-9-11(3)20-10-13)12(4)16(19-14)17-8-6-2/h9-10H,5-8H2,1-4H3,(H,17,18,19). The Morgan fingerprint density at radius 2 is 1.95 bits per heavy atom. The van der Waals surface area contributed by atoms with Gasteiger partial charge in [-0.3, -0.25) is 0 Å². The van der Waals surface area contributed by atoms with Crippen molar-refractivity contribution in [1.82, 2.24) is 9.97 Å². The maximum atomic E-state index is 4.77. The van der Waals surface area contributed by atoms with Gasteiger partial charge in [-0.05, 0) is 32.8 Å². The lowest BCUT2D eigenvalue weighted by Crippen LogP contribution is -2.09. The number of rotatable bonds is 6. The first-order valence-corrected chi connectivity index (χ1v) is 8.20. The maximum absolute atomic E-state index is 4.77. The molecule has 2 aromatic rings. The Kier molecular flexibility index (Phi) is 5.12. The highest BCUT2D eigenvalue weighted by molar-refractivity contribution is 7.10. The van der Waals surface area contributed by atoms with Gasteiger partial charge in [0.2, 0.25) is 0 Å². The average Bonchev–Trinajstić information content (AvgIpc) is 2.85. The van der Waals surface area contributed by atoms with Crippen molar-refractivity contribution in [2.45, 2.75) is 47.0 Å². The van der Waals surface area contributed by atoms with Crippen LogP contribution in [-0.4, -0.2) is 16.5 Å². The largest absolute Gasteiger partial charge is 0.370 e. The molecule has 0 amide bonds. The van der Waals surface area contributed by atoms with Gasteiger partial charge in [0.15, 0.2) is 0 Å². The molecule has 0 unspecified atom stereocenters. The molecule has 2 heterocycles. The molecule has 0 fully saturated rings. The van der Waals surface area contributed by atoms with Crippen molar-refractivity contribution < 1.29 is 0 Å². The van der Waals surface area contributed by atoms with Crippen LogP contribution in [0.15, 0.2) is 11.4 Å². The second kappa shape index (κ2) is 6.84. The third-order valence-corrected chi connectivity index (χ3v) is 4.07. The summed E-state index contributed by atoms with van der Waals surface area (Å²) < 4.78 is 0. The number of thiophene rings is 1. The highest BCUT2D eigenvalue weighted by Gasteiger charge is 2.13. The van der Waals surface area contributed by atoms with E-state index in [1.54, 1.807) is 11.3 Å². The number of hydrogen-bond acceptors (Lipinski definition) is 4. The van der Waals surface area contributed by atoms with Crippen LogP contribution in [0.2, 0.25) is 0 Å². The Labute approximate surface area is 125 Å². The first-order valence-electron chi connectivity index (χ1n) is 7.32. The zero-order valence-electron chi connectivity index (χ0n) is 12.8. The zero-order chi connectivity index (χ0) is 14.5. The fourth-order valence-corrected chi connectivity index (χ4v) is 2.85. The maximum Gasteiger partial charge on any atom is 0.133 e. The quantitative estimate of drug-likeness (QED) is 0.844. The molecule has 0 atom stereocenters. The van der Waals surface area contributed by atoms with E-state index in [2.05, 4.69) is 49.4 Å². The molecular formula is C16H23N3S. The third-order valence-electron chi connectivity index (χ3n) is 3.21. The molecule has 0 aromatic carbocycles. The van der Waals surface area contributed by atoms with Crippen molar-refractivity contribution in [3.05, 3.63) is 27.7 Å². The third kappa shape index (κ3) is 3.37. The van der Waals surface area contributed by atoms with Crippen LogP contribution in [0.1, 0.15) is 43.0 Å². The lowest BCUT2D eigenvalue weighted by Gasteiger charge is -2.13. The summed E-state index contributed by atoms with van der Waals surface area (Å²) in [4.78, 5) is 10.8. The molecule has 4 heteroatoms. The molecule has 1 N–H and O–H groups in total. The van der Waals surface area contributed by atoms with E-state index in [-0.39, 0.29) is 0 Å². The van der Waals surface area contributed by atoms with Crippen LogP contribution in [0.3, 0.4) is 0 Å². The van der Waals surface area contributed by atoms with Crippen molar-refractivity contribution in [3.8, 4) is 11.3 Å². The van der Waals surface area contributed by atoms with Crippen molar-refractivity contribution in [2.24, 2.45) is 0 Å². The van der Waals surface area contributed by atoms with E-state index in [1.165, 1.54) is 10.4 Å². The first-order chi connectivity index (χ1) is 9.65. The van der Waals surface area contributed by atoms with Crippen molar-refractivity contribution in [3.63, 3.8) is 0 Å². The van der Waals surface area contributed by atoms with E-state index < -0.39 is 0 Å². The molecular weight excluding hydrogens is 266 g/mol. The number of anilines is 1. The van der Waals surface area contributed by atoms with Gasteiger partial charge >= 0.3 is 0 Å². The molecule has 0 aliphatic heterocycles. The van der Waals surface area contributed by atoms with Gasteiger partial charge < -0.3 is 5.32 Å². The van der Waals surface area contributed by atoms with Crippen LogP contribution < -0.4 is 5.32 Å². The molecule has 20 heavy (non-hydrogen) atoms. The van der Waals surface area contributed by atoms with Gasteiger partial charge in [0.1, 0.15) is 11.6 Å². The van der Waals surface area contributed by atoms with Crippen LogP contribution in [0.25, 0.3) is 11.3 Å². The normalized spacial score (nSPS) is 10.8. The number of hydrogen-bond donors (Lipinski definition) is 1. The van der Waals surface area contributed by atoms with Crippen LogP contribution in [0, 0.1) is 13.8 Å². The Hall–Kier alpha value is -1.42. The number of nitrogens with zero attached hydrogens (tertiary/aromatic N) is 2. The van der Waals surface area contributed by atoms with Crippen molar-refractivity contribution >= 4 is 17.2 Å². The number of aryl methyl sites for hydroxylation is 2. The van der Waals surface area contributed by atoms with Gasteiger partial charge in [0.25, 0.3) is 0 Å². The fraction of sp³-hybridized carbons (Fsp3) is 0.500. The van der Waals surface area contributed by atoms with Gasteiger partial charge in [-0.2, -0.15) is 0 Å². The molecule has 0 saturated heterocycles. The van der Waals surface area contributed by atoms with E-state index >= 15 is 0 Å². The second-order valence-electron chi connectivity index (χ2n) is 5.08. The lowest BCUT2D eigenvalue weighted by molar-refractivity contribution is 0.830. The molecule has 108 valence electrons. The van der Waals surface area contributed by atoms with Gasteiger partial charge in [0, 0.05) is 34.3 Å².